The van der Waals surface area contributed by atoms with Gasteiger partial charge in [0.25, 0.3) is 11.6 Å². The normalized spacial score (nSPS) is 16.3. The van der Waals surface area contributed by atoms with Crippen molar-refractivity contribution in [2.45, 2.75) is 46.1 Å². The predicted molar refractivity (Wildman–Crippen MR) is 90.9 cm³/mol. The summed E-state index contributed by atoms with van der Waals surface area (Å²) in [5.74, 6) is 0.0426. The number of hydrogen-bond acceptors (Lipinski definition) is 4. The van der Waals surface area contributed by atoms with E-state index >= 15 is 0 Å². The van der Waals surface area contributed by atoms with Gasteiger partial charge in [0.1, 0.15) is 5.69 Å². The summed E-state index contributed by atoms with van der Waals surface area (Å²) < 4.78 is 0. The van der Waals surface area contributed by atoms with Gasteiger partial charge < -0.3 is 10.2 Å². The first-order chi connectivity index (χ1) is 10.9. The number of nitrogens with zero attached hydrogens (tertiary/aromatic N) is 2. The lowest BCUT2D eigenvalue weighted by Gasteiger charge is -2.28. The van der Waals surface area contributed by atoms with Crippen molar-refractivity contribution in [3.8, 4) is 0 Å². The highest BCUT2D eigenvalue weighted by Crippen LogP contribution is 2.31. The fourth-order valence-corrected chi connectivity index (χ4v) is 2.67. The molecule has 1 saturated heterocycles. The summed E-state index contributed by atoms with van der Waals surface area (Å²) in [5, 5.41) is 14.3. The van der Waals surface area contributed by atoms with Gasteiger partial charge in [0.05, 0.1) is 4.92 Å². The standard InChI is InChI=1S/C17H25N3O3/c1-12(2)13(3)18-17(21)14-7-8-15(16(11-14)20(22)23)19-9-5-4-6-10-19/h7-8,11-13H,4-6,9-10H2,1-3H3,(H,18,21)/t13-/m0/s1. The molecule has 1 aliphatic heterocycles. The van der Waals surface area contributed by atoms with Gasteiger partial charge in [-0.25, -0.2) is 0 Å². The Morgan fingerprint density at radius 1 is 1.22 bits per heavy atom. The molecule has 0 unspecified atom stereocenters. The quantitative estimate of drug-likeness (QED) is 0.667. The minimum atomic E-state index is -0.396. The number of carbonyl (C=O) groups is 1. The molecule has 6 heteroatoms. The fraction of sp³-hybridized carbons (Fsp3) is 0.588. The molecule has 1 N–H and O–H groups in total. The zero-order valence-electron chi connectivity index (χ0n) is 14.0. The van der Waals surface area contributed by atoms with Crippen LogP contribution in [0.4, 0.5) is 11.4 Å². The summed E-state index contributed by atoms with van der Waals surface area (Å²) in [5.41, 5.74) is 0.963. The van der Waals surface area contributed by atoms with Crippen molar-refractivity contribution in [1.29, 1.82) is 0 Å². The van der Waals surface area contributed by atoms with Gasteiger partial charge in [-0.3, -0.25) is 14.9 Å². The lowest BCUT2D eigenvalue weighted by Crippen LogP contribution is -2.36. The third-order valence-electron chi connectivity index (χ3n) is 4.49. The molecule has 1 fully saturated rings. The van der Waals surface area contributed by atoms with Crippen molar-refractivity contribution in [3.05, 3.63) is 33.9 Å². The van der Waals surface area contributed by atoms with E-state index in [0.29, 0.717) is 17.2 Å². The van der Waals surface area contributed by atoms with Gasteiger partial charge in [-0.05, 0) is 44.2 Å². The molecule has 6 nitrogen and oxygen atoms in total. The van der Waals surface area contributed by atoms with E-state index in [1.54, 1.807) is 12.1 Å². The average Bonchev–Trinajstić information content (AvgIpc) is 2.54. The van der Waals surface area contributed by atoms with E-state index in [4.69, 9.17) is 0 Å². The monoisotopic (exact) mass is 319 g/mol. The number of nitrogens with one attached hydrogen (secondary N) is 1. The second kappa shape index (κ2) is 7.44. The van der Waals surface area contributed by atoms with Gasteiger partial charge in [-0.2, -0.15) is 0 Å². The average molecular weight is 319 g/mol. The summed E-state index contributed by atoms with van der Waals surface area (Å²) in [6.45, 7) is 7.63. The van der Waals surface area contributed by atoms with Crippen molar-refractivity contribution >= 4 is 17.3 Å². The second-order valence-corrected chi connectivity index (χ2v) is 6.51. The van der Waals surface area contributed by atoms with Crippen LogP contribution >= 0.6 is 0 Å². The molecule has 0 aromatic heterocycles. The minimum Gasteiger partial charge on any atom is -0.366 e. The van der Waals surface area contributed by atoms with Crippen LogP contribution in [0, 0.1) is 16.0 Å². The van der Waals surface area contributed by atoms with Crippen molar-refractivity contribution in [2.24, 2.45) is 5.92 Å². The summed E-state index contributed by atoms with van der Waals surface area (Å²) in [6.07, 6.45) is 3.26. The molecule has 0 bridgehead atoms. The van der Waals surface area contributed by atoms with E-state index in [1.807, 2.05) is 25.7 Å². The lowest BCUT2D eigenvalue weighted by molar-refractivity contribution is -0.384. The third kappa shape index (κ3) is 4.21. The Morgan fingerprint density at radius 3 is 2.43 bits per heavy atom. The molecule has 1 aromatic carbocycles. The highest BCUT2D eigenvalue weighted by Gasteiger charge is 2.23. The Bertz CT molecular complexity index is 580. The van der Waals surface area contributed by atoms with Crippen LogP contribution in [-0.4, -0.2) is 30.0 Å². The summed E-state index contributed by atoms with van der Waals surface area (Å²) >= 11 is 0. The Balaban J connectivity index is 2.25. The van der Waals surface area contributed by atoms with Crippen molar-refractivity contribution < 1.29 is 9.72 Å². The van der Waals surface area contributed by atoms with Crippen molar-refractivity contribution in [3.63, 3.8) is 0 Å². The largest absolute Gasteiger partial charge is 0.366 e. The number of nitro benzene ring substituents is 1. The number of hydrogen-bond donors (Lipinski definition) is 1. The highest BCUT2D eigenvalue weighted by atomic mass is 16.6. The van der Waals surface area contributed by atoms with Crippen molar-refractivity contribution in [2.75, 3.05) is 18.0 Å². The molecular formula is C17H25N3O3. The molecule has 23 heavy (non-hydrogen) atoms. The van der Waals surface area contributed by atoms with Crippen LogP contribution in [0.5, 0.6) is 0 Å². The van der Waals surface area contributed by atoms with Crippen molar-refractivity contribution in [1.82, 2.24) is 5.32 Å². The Kier molecular flexibility index (Phi) is 5.58. The lowest BCUT2D eigenvalue weighted by atomic mass is 10.0. The van der Waals surface area contributed by atoms with E-state index in [1.165, 1.54) is 6.07 Å². The molecule has 1 atom stereocenters. The number of amides is 1. The zero-order chi connectivity index (χ0) is 17.0. The third-order valence-corrected chi connectivity index (χ3v) is 4.49. The Labute approximate surface area is 137 Å². The molecule has 1 aliphatic rings. The van der Waals surface area contributed by atoms with Crippen LogP contribution in [0.2, 0.25) is 0 Å². The smallest absolute Gasteiger partial charge is 0.293 e. The first kappa shape index (κ1) is 17.2. The van der Waals surface area contributed by atoms with E-state index in [9.17, 15) is 14.9 Å². The Hall–Kier alpha value is -2.11. The Morgan fingerprint density at radius 2 is 1.87 bits per heavy atom. The topological polar surface area (TPSA) is 75.5 Å². The van der Waals surface area contributed by atoms with E-state index in [-0.39, 0.29) is 17.6 Å². The predicted octanol–water partition coefficient (Wildman–Crippen LogP) is 3.36. The molecule has 1 heterocycles. The molecule has 0 aliphatic carbocycles. The van der Waals surface area contributed by atoms with Crippen LogP contribution in [0.1, 0.15) is 50.4 Å². The number of piperidine rings is 1. The van der Waals surface area contributed by atoms with Crippen LogP contribution in [-0.2, 0) is 0 Å². The molecule has 0 saturated carbocycles. The van der Waals surface area contributed by atoms with Crippen LogP contribution < -0.4 is 10.2 Å². The summed E-state index contributed by atoms with van der Waals surface area (Å²) in [7, 11) is 0. The maximum atomic E-state index is 12.3. The number of carbonyl (C=O) groups excluding carboxylic acids is 1. The van der Waals surface area contributed by atoms with Crippen LogP contribution in [0.25, 0.3) is 0 Å². The second-order valence-electron chi connectivity index (χ2n) is 6.51. The van der Waals surface area contributed by atoms with E-state index < -0.39 is 4.92 Å². The molecule has 0 radical (unpaired) electrons. The molecular weight excluding hydrogens is 294 g/mol. The van der Waals surface area contributed by atoms with Gasteiger partial charge in [-0.15, -0.1) is 0 Å². The maximum absolute atomic E-state index is 12.3. The zero-order valence-corrected chi connectivity index (χ0v) is 14.0. The summed E-state index contributed by atoms with van der Waals surface area (Å²) in [4.78, 5) is 25.3. The fourth-order valence-electron chi connectivity index (χ4n) is 2.67. The minimum absolute atomic E-state index is 0.0109. The number of nitro groups is 1. The number of rotatable bonds is 5. The molecule has 1 aromatic rings. The molecule has 2 rings (SSSR count). The summed E-state index contributed by atoms with van der Waals surface area (Å²) in [6, 6.07) is 4.80. The molecule has 126 valence electrons. The van der Waals surface area contributed by atoms with Gasteiger partial charge in [0.2, 0.25) is 0 Å². The SMILES string of the molecule is CC(C)[C@H](C)NC(=O)c1ccc(N2CCCCC2)c([N+](=O)[O-])c1. The van der Waals surface area contributed by atoms with Crippen LogP contribution in [0.15, 0.2) is 18.2 Å². The number of benzene rings is 1. The molecule has 0 spiro atoms. The van der Waals surface area contributed by atoms with E-state index in [0.717, 1.165) is 32.4 Å². The molecule has 1 amide bonds. The van der Waals surface area contributed by atoms with Gasteiger partial charge >= 0.3 is 0 Å². The van der Waals surface area contributed by atoms with Gasteiger partial charge in [0, 0.05) is 30.8 Å². The van der Waals surface area contributed by atoms with Gasteiger partial charge in [-0.1, -0.05) is 13.8 Å². The van der Waals surface area contributed by atoms with E-state index in [2.05, 4.69) is 5.32 Å². The van der Waals surface area contributed by atoms with Crippen LogP contribution in [0.3, 0.4) is 0 Å². The first-order valence-electron chi connectivity index (χ1n) is 8.24. The number of anilines is 1. The van der Waals surface area contributed by atoms with Gasteiger partial charge in [0.15, 0.2) is 0 Å². The highest BCUT2D eigenvalue weighted by molar-refractivity contribution is 5.96. The maximum Gasteiger partial charge on any atom is 0.293 e. The first-order valence-corrected chi connectivity index (χ1v) is 8.24.